The van der Waals surface area contributed by atoms with Crippen molar-refractivity contribution in [1.82, 2.24) is 5.32 Å². The Morgan fingerprint density at radius 2 is 2.18 bits per heavy atom. The number of phenols is 1. The summed E-state index contributed by atoms with van der Waals surface area (Å²) in [4.78, 5) is 0. The Bertz CT molecular complexity index is 372. The fourth-order valence-corrected chi connectivity index (χ4v) is 2.44. The highest BCUT2D eigenvalue weighted by Gasteiger charge is 2.18. The van der Waals surface area contributed by atoms with E-state index < -0.39 is 5.60 Å². The molecule has 1 aromatic carbocycles. The monoisotopic (exact) mass is 275 g/mol. The van der Waals surface area contributed by atoms with Gasteiger partial charge in [0.15, 0.2) is 0 Å². The summed E-state index contributed by atoms with van der Waals surface area (Å²) in [5, 5.41) is 23.3. The van der Waals surface area contributed by atoms with Crippen LogP contribution in [0.25, 0.3) is 0 Å². The number of nitrogens with one attached hydrogen (secondary N) is 1. The van der Waals surface area contributed by atoms with Gasteiger partial charge in [0, 0.05) is 29.4 Å². The molecule has 96 valence electrons. The van der Waals surface area contributed by atoms with Crippen LogP contribution in [0, 0.1) is 0 Å². The third-order valence-electron chi connectivity index (χ3n) is 2.32. The van der Waals surface area contributed by atoms with Crippen molar-refractivity contribution in [3.8, 4) is 5.75 Å². The van der Waals surface area contributed by atoms with Gasteiger partial charge in [-0.3, -0.25) is 0 Å². The number of aromatic hydroxyl groups is 1. The molecule has 0 spiro atoms. The fraction of sp³-hybridized carbons (Fsp3) is 0.500. The zero-order valence-electron chi connectivity index (χ0n) is 10.0. The molecule has 0 saturated heterocycles. The van der Waals surface area contributed by atoms with Crippen LogP contribution < -0.4 is 5.32 Å². The van der Waals surface area contributed by atoms with Gasteiger partial charge in [0.2, 0.25) is 0 Å². The van der Waals surface area contributed by atoms with Crippen molar-refractivity contribution in [2.45, 2.75) is 19.1 Å². The minimum atomic E-state index is -0.742. The fourth-order valence-electron chi connectivity index (χ4n) is 1.52. The second kappa shape index (κ2) is 6.50. The Kier molecular flexibility index (Phi) is 5.59. The van der Waals surface area contributed by atoms with Crippen molar-refractivity contribution in [2.24, 2.45) is 0 Å². The van der Waals surface area contributed by atoms with Crippen molar-refractivity contribution in [3.05, 3.63) is 28.8 Å². The molecule has 1 unspecified atom stereocenters. The van der Waals surface area contributed by atoms with E-state index >= 15 is 0 Å². The summed E-state index contributed by atoms with van der Waals surface area (Å²) < 4.78 is 0. The van der Waals surface area contributed by atoms with Crippen molar-refractivity contribution in [1.29, 1.82) is 0 Å². The van der Waals surface area contributed by atoms with Crippen molar-refractivity contribution >= 4 is 23.4 Å². The molecule has 0 aromatic heterocycles. The molecule has 0 bridgehead atoms. The molecule has 1 rings (SSSR count). The highest BCUT2D eigenvalue weighted by atomic mass is 35.5. The van der Waals surface area contributed by atoms with Crippen LogP contribution in [0.2, 0.25) is 5.02 Å². The van der Waals surface area contributed by atoms with Crippen LogP contribution in [0.1, 0.15) is 12.5 Å². The second-order valence-electron chi connectivity index (χ2n) is 4.31. The number of halogens is 1. The molecule has 0 fully saturated rings. The van der Waals surface area contributed by atoms with Crippen LogP contribution in [-0.4, -0.2) is 34.4 Å². The minimum absolute atomic E-state index is 0.214. The normalized spacial score (nSPS) is 14.6. The summed E-state index contributed by atoms with van der Waals surface area (Å²) in [7, 11) is 0. The van der Waals surface area contributed by atoms with Crippen LogP contribution in [0.3, 0.4) is 0 Å². The maximum absolute atomic E-state index is 9.94. The van der Waals surface area contributed by atoms with Gasteiger partial charge >= 0.3 is 0 Å². The molecule has 0 saturated carbocycles. The molecular formula is C12H18ClNO2S. The Labute approximate surface area is 111 Å². The zero-order chi connectivity index (χ0) is 12.9. The molecule has 0 radical (unpaired) electrons. The summed E-state index contributed by atoms with van der Waals surface area (Å²) in [5.74, 6) is 0.882. The van der Waals surface area contributed by atoms with E-state index in [1.54, 1.807) is 36.9 Å². The summed E-state index contributed by atoms with van der Waals surface area (Å²) in [5.41, 5.74) is -0.00870. The zero-order valence-corrected chi connectivity index (χ0v) is 11.6. The van der Waals surface area contributed by atoms with Gasteiger partial charge in [-0.2, -0.15) is 11.8 Å². The van der Waals surface area contributed by atoms with E-state index in [2.05, 4.69) is 5.32 Å². The van der Waals surface area contributed by atoms with Crippen LogP contribution >= 0.6 is 23.4 Å². The predicted molar refractivity (Wildman–Crippen MR) is 73.8 cm³/mol. The average Bonchev–Trinajstić information content (AvgIpc) is 2.23. The third kappa shape index (κ3) is 5.17. The molecule has 5 heteroatoms. The van der Waals surface area contributed by atoms with Gasteiger partial charge < -0.3 is 15.5 Å². The Morgan fingerprint density at radius 1 is 1.47 bits per heavy atom. The molecule has 1 atom stereocenters. The molecule has 17 heavy (non-hydrogen) atoms. The lowest BCUT2D eigenvalue weighted by molar-refractivity contribution is 0.0845. The Morgan fingerprint density at radius 3 is 2.82 bits per heavy atom. The van der Waals surface area contributed by atoms with Gasteiger partial charge in [0.25, 0.3) is 0 Å². The quantitative estimate of drug-likeness (QED) is 0.745. The lowest BCUT2D eigenvalue weighted by atomic mass is 10.1. The molecule has 0 aliphatic rings. The topological polar surface area (TPSA) is 52.5 Å². The molecule has 1 aromatic rings. The first-order valence-corrected chi connectivity index (χ1v) is 7.11. The molecular weight excluding hydrogens is 258 g/mol. The maximum Gasteiger partial charge on any atom is 0.120 e. The average molecular weight is 276 g/mol. The SMILES string of the molecule is CSCC(C)(O)CNCc1cc(Cl)ccc1O. The number of thioether (sulfide) groups is 1. The van der Waals surface area contributed by atoms with E-state index in [1.807, 2.05) is 6.26 Å². The second-order valence-corrected chi connectivity index (χ2v) is 5.61. The van der Waals surface area contributed by atoms with Crippen LogP contribution in [0.15, 0.2) is 18.2 Å². The van der Waals surface area contributed by atoms with Gasteiger partial charge in [0.1, 0.15) is 5.75 Å². The largest absolute Gasteiger partial charge is 0.508 e. The van der Waals surface area contributed by atoms with E-state index in [0.717, 1.165) is 5.56 Å². The maximum atomic E-state index is 9.94. The van der Waals surface area contributed by atoms with Crippen molar-refractivity contribution in [2.75, 3.05) is 18.6 Å². The van der Waals surface area contributed by atoms with E-state index in [9.17, 15) is 10.2 Å². The third-order valence-corrected chi connectivity index (χ3v) is 3.46. The first-order valence-electron chi connectivity index (χ1n) is 5.34. The number of hydrogen-bond acceptors (Lipinski definition) is 4. The highest BCUT2D eigenvalue weighted by Crippen LogP contribution is 2.21. The van der Waals surface area contributed by atoms with E-state index in [4.69, 9.17) is 11.6 Å². The lowest BCUT2D eigenvalue weighted by Crippen LogP contribution is -2.39. The molecule has 0 aliphatic heterocycles. The van der Waals surface area contributed by atoms with Crippen LogP contribution in [0.5, 0.6) is 5.75 Å². The van der Waals surface area contributed by atoms with E-state index in [0.29, 0.717) is 23.9 Å². The van der Waals surface area contributed by atoms with Crippen LogP contribution in [-0.2, 0) is 6.54 Å². The lowest BCUT2D eigenvalue weighted by Gasteiger charge is -2.22. The number of rotatable bonds is 6. The molecule has 3 nitrogen and oxygen atoms in total. The highest BCUT2D eigenvalue weighted by molar-refractivity contribution is 7.98. The van der Waals surface area contributed by atoms with Gasteiger partial charge in [-0.15, -0.1) is 0 Å². The van der Waals surface area contributed by atoms with Gasteiger partial charge in [-0.25, -0.2) is 0 Å². The minimum Gasteiger partial charge on any atom is -0.508 e. The number of phenolic OH excluding ortho intramolecular Hbond substituents is 1. The summed E-state index contributed by atoms with van der Waals surface area (Å²) in [6, 6.07) is 4.93. The van der Waals surface area contributed by atoms with Crippen molar-refractivity contribution < 1.29 is 10.2 Å². The first kappa shape index (κ1) is 14.6. The molecule has 0 aliphatic carbocycles. The van der Waals surface area contributed by atoms with E-state index in [1.165, 1.54) is 0 Å². The molecule has 0 amide bonds. The molecule has 3 N–H and O–H groups in total. The van der Waals surface area contributed by atoms with Crippen molar-refractivity contribution in [3.63, 3.8) is 0 Å². The molecule has 0 heterocycles. The summed E-state index contributed by atoms with van der Waals surface area (Å²) in [6.45, 7) is 2.74. The number of aliphatic hydroxyl groups is 1. The summed E-state index contributed by atoms with van der Waals surface area (Å²) in [6.07, 6.45) is 1.96. The Hall–Kier alpha value is -0.420. The van der Waals surface area contributed by atoms with Gasteiger partial charge in [-0.1, -0.05) is 11.6 Å². The Balaban J connectivity index is 2.48. The number of hydrogen-bond donors (Lipinski definition) is 3. The van der Waals surface area contributed by atoms with Crippen LogP contribution in [0.4, 0.5) is 0 Å². The predicted octanol–water partition coefficient (Wildman–Crippen LogP) is 2.25. The standard InChI is InChI=1S/C12H18ClNO2S/c1-12(16,8-17-2)7-14-6-9-5-10(13)3-4-11(9)15/h3-5,14-16H,6-8H2,1-2H3. The first-order chi connectivity index (χ1) is 7.94. The number of benzene rings is 1. The summed E-state index contributed by atoms with van der Waals surface area (Å²) >= 11 is 7.44. The van der Waals surface area contributed by atoms with E-state index in [-0.39, 0.29) is 5.75 Å². The smallest absolute Gasteiger partial charge is 0.120 e. The van der Waals surface area contributed by atoms with Gasteiger partial charge in [-0.05, 0) is 31.4 Å². The van der Waals surface area contributed by atoms with Gasteiger partial charge in [0.05, 0.1) is 5.60 Å².